The maximum atomic E-state index is 11.3. The van der Waals surface area contributed by atoms with Gasteiger partial charge in [0.25, 0.3) is 5.82 Å². The van der Waals surface area contributed by atoms with Crippen LogP contribution in [0.4, 0.5) is 0 Å². The molecule has 90 valence electrons. The van der Waals surface area contributed by atoms with Crippen molar-refractivity contribution < 1.29 is 14.1 Å². The average Bonchev–Trinajstić information content (AvgIpc) is 2.64. The van der Waals surface area contributed by atoms with Crippen LogP contribution in [-0.2, 0) is 4.74 Å². The third-order valence-electron chi connectivity index (χ3n) is 2.10. The van der Waals surface area contributed by atoms with Crippen molar-refractivity contribution in [1.29, 1.82) is 0 Å². The molecule has 1 atom stereocenters. The largest absolute Gasteiger partial charge is 0.460 e. The fourth-order valence-electron chi connectivity index (χ4n) is 1.01. The summed E-state index contributed by atoms with van der Waals surface area (Å²) in [6.45, 7) is 7.83. The van der Waals surface area contributed by atoms with Crippen molar-refractivity contribution in [3.63, 3.8) is 0 Å². The number of nitrogens with zero attached hydrogens (tertiary/aromatic N) is 2. The average molecular weight is 227 g/mol. The normalized spacial score (nSPS) is 13.6. The minimum Gasteiger partial charge on any atom is -0.460 e. The zero-order valence-corrected chi connectivity index (χ0v) is 9.98. The topological polar surface area (TPSA) is 91.2 Å². The van der Waals surface area contributed by atoms with E-state index in [9.17, 15) is 4.79 Å². The van der Waals surface area contributed by atoms with Gasteiger partial charge in [-0.3, -0.25) is 0 Å². The van der Waals surface area contributed by atoms with Gasteiger partial charge in [0.05, 0.1) is 12.6 Å². The Labute approximate surface area is 94.2 Å². The van der Waals surface area contributed by atoms with Crippen LogP contribution in [0.3, 0.4) is 0 Å². The van der Waals surface area contributed by atoms with Gasteiger partial charge in [-0.05, 0) is 17.5 Å². The maximum absolute atomic E-state index is 11.3. The highest BCUT2D eigenvalue weighted by atomic mass is 16.5. The van der Waals surface area contributed by atoms with Gasteiger partial charge in [-0.1, -0.05) is 20.8 Å². The molecule has 0 saturated carbocycles. The van der Waals surface area contributed by atoms with Crippen LogP contribution in [0.25, 0.3) is 0 Å². The first-order valence-corrected chi connectivity index (χ1v) is 5.12. The van der Waals surface area contributed by atoms with Crippen LogP contribution < -0.4 is 5.73 Å². The number of rotatable bonds is 3. The molecule has 0 aliphatic rings. The van der Waals surface area contributed by atoms with Crippen molar-refractivity contribution in [1.82, 2.24) is 10.1 Å². The summed E-state index contributed by atoms with van der Waals surface area (Å²) >= 11 is 0. The van der Waals surface area contributed by atoms with Crippen LogP contribution in [0.5, 0.6) is 0 Å². The van der Waals surface area contributed by atoms with E-state index in [1.807, 2.05) is 20.8 Å². The highest BCUT2D eigenvalue weighted by molar-refractivity contribution is 5.84. The van der Waals surface area contributed by atoms with Crippen molar-refractivity contribution in [3.8, 4) is 0 Å². The monoisotopic (exact) mass is 227 g/mol. The second-order valence-electron chi connectivity index (χ2n) is 4.52. The van der Waals surface area contributed by atoms with Crippen molar-refractivity contribution in [2.75, 3.05) is 6.61 Å². The maximum Gasteiger partial charge on any atom is 0.379 e. The summed E-state index contributed by atoms with van der Waals surface area (Å²) in [5, 5.41) is 3.53. The number of hydrogen-bond donors (Lipinski definition) is 1. The van der Waals surface area contributed by atoms with Gasteiger partial charge in [0.1, 0.15) is 0 Å². The summed E-state index contributed by atoms with van der Waals surface area (Å²) in [7, 11) is 0. The summed E-state index contributed by atoms with van der Waals surface area (Å²) in [5.41, 5.74) is 5.70. The molecule has 0 aromatic carbocycles. The quantitative estimate of drug-likeness (QED) is 0.782. The number of ether oxygens (including phenoxy) is 1. The Kier molecular flexibility index (Phi) is 3.64. The first-order chi connectivity index (χ1) is 7.36. The lowest BCUT2D eigenvalue weighted by atomic mass is 9.87. The third kappa shape index (κ3) is 2.79. The van der Waals surface area contributed by atoms with Gasteiger partial charge < -0.3 is 15.0 Å². The number of esters is 1. The van der Waals surface area contributed by atoms with Gasteiger partial charge in [0.15, 0.2) is 0 Å². The summed E-state index contributed by atoms with van der Waals surface area (Å²) < 4.78 is 9.68. The Balaban J connectivity index is 2.83. The van der Waals surface area contributed by atoms with Gasteiger partial charge in [-0.25, -0.2) is 4.79 Å². The van der Waals surface area contributed by atoms with Gasteiger partial charge in [0, 0.05) is 0 Å². The first kappa shape index (κ1) is 12.6. The number of hydrogen-bond acceptors (Lipinski definition) is 6. The molecule has 0 unspecified atom stereocenters. The number of nitrogens with two attached hydrogens (primary N) is 1. The molecule has 0 radical (unpaired) electrons. The van der Waals surface area contributed by atoms with Gasteiger partial charge in [-0.15, -0.1) is 0 Å². The molecular weight excluding hydrogens is 210 g/mol. The minimum atomic E-state index is -0.599. The van der Waals surface area contributed by atoms with E-state index in [-0.39, 0.29) is 23.7 Å². The Hall–Kier alpha value is -1.43. The Morgan fingerprint density at radius 1 is 1.56 bits per heavy atom. The summed E-state index contributed by atoms with van der Waals surface area (Å²) in [6.07, 6.45) is 0. The molecule has 0 saturated heterocycles. The van der Waals surface area contributed by atoms with Crippen molar-refractivity contribution >= 4 is 5.97 Å². The molecule has 6 nitrogen and oxygen atoms in total. The standard InChI is InChI=1S/C10H17N3O3/c1-5-15-9(14)7-12-8(16-13-7)6(11)10(2,3)4/h6H,5,11H2,1-4H3/t6-/m1/s1. The summed E-state index contributed by atoms with van der Waals surface area (Å²) in [5.74, 6) is -0.439. The van der Waals surface area contributed by atoms with Crippen LogP contribution in [-0.4, -0.2) is 22.7 Å². The molecule has 6 heteroatoms. The smallest absolute Gasteiger partial charge is 0.379 e. The molecule has 1 rings (SSSR count). The molecule has 1 aromatic heterocycles. The fourth-order valence-corrected chi connectivity index (χ4v) is 1.01. The lowest BCUT2D eigenvalue weighted by Crippen LogP contribution is -2.26. The van der Waals surface area contributed by atoms with E-state index in [1.54, 1.807) is 6.92 Å². The van der Waals surface area contributed by atoms with Crippen molar-refractivity contribution in [3.05, 3.63) is 11.7 Å². The lowest BCUT2D eigenvalue weighted by Gasteiger charge is -2.23. The Morgan fingerprint density at radius 2 is 2.19 bits per heavy atom. The molecule has 0 amide bonds. The number of carbonyl (C=O) groups is 1. The van der Waals surface area contributed by atoms with E-state index >= 15 is 0 Å². The Morgan fingerprint density at radius 3 is 2.69 bits per heavy atom. The van der Waals surface area contributed by atoms with Gasteiger partial charge >= 0.3 is 5.97 Å². The minimum absolute atomic E-state index is 0.0865. The molecule has 16 heavy (non-hydrogen) atoms. The van der Waals surface area contributed by atoms with Crippen LogP contribution in [0.1, 0.15) is 50.2 Å². The number of carbonyl (C=O) groups excluding carboxylic acids is 1. The predicted octanol–water partition coefficient (Wildman–Crippen LogP) is 1.29. The van der Waals surface area contributed by atoms with E-state index in [1.165, 1.54) is 0 Å². The van der Waals surface area contributed by atoms with E-state index in [4.69, 9.17) is 15.0 Å². The van der Waals surface area contributed by atoms with Gasteiger partial charge in [-0.2, -0.15) is 4.98 Å². The molecule has 1 heterocycles. The zero-order chi connectivity index (χ0) is 12.3. The first-order valence-electron chi connectivity index (χ1n) is 5.12. The van der Waals surface area contributed by atoms with Crippen LogP contribution in [0, 0.1) is 5.41 Å². The highest BCUT2D eigenvalue weighted by Gasteiger charge is 2.28. The summed E-state index contributed by atoms with van der Waals surface area (Å²) in [4.78, 5) is 15.2. The molecule has 0 spiro atoms. The third-order valence-corrected chi connectivity index (χ3v) is 2.10. The van der Waals surface area contributed by atoms with E-state index in [0.717, 1.165) is 0 Å². The van der Waals surface area contributed by atoms with Crippen LogP contribution in [0.15, 0.2) is 4.52 Å². The predicted molar refractivity (Wildman–Crippen MR) is 56.6 cm³/mol. The van der Waals surface area contributed by atoms with Crippen molar-refractivity contribution in [2.24, 2.45) is 11.1 Å². The molecule has 0 fully saturated rings. The second-order valence-corrected chi connectivity index (χ2v) is 4.52. The molecule has 0 bridgehead atoms. The SMILES string of the molecule is CCOC(=O)c1noc([C@@H](N)C(C)(C)C)n1. The van der Waals surface area contributed by atoms with Gasteiger partial charge in [0.2, 0.25) is 5.89 Å². The van der Waals surface area contributed by atoms with E-state index in [0.29, 0.717) is 0 Å². The Bertz CT molecular complexity index is 368. The van der Waals surface area contributed by atoms with E-state index < -0.39 is 12.0 Å². The lowest BCUT2D eigenvalue weighted by molar-refractivity contribution is 0.0508. The molecule has 1 aromatic rings. The fraction of sp³-hybridized carbons (Fsp3) is 0.700. The highest BCUT2D eigenvalue weighted by Crippen LogP contribution is 2.29. The molecular formula is C10H17N3O3. The number of aromatic nitrogens is 2. The van der Waals surface area contributed by atoms with Crippen LogP contribution in [0.2, 0.25) is 0 Å². The molecule has 2 N–H and O–H groups in total. The van der Waals surface area contributed by atoms with Crippen LogP contribution >= 0.6 is 0 Å². The van der Waals surface area contributed by atoms with Crippen molar-refractivity contribution in [2.45, 2.75) is 33.7 Å². The second kappa shape index (κ2) is 4.61. The summed E-state index contributed by atoms with van der Waals surface area (Å²) in [6, 6.07) is -0.414. The molecule has 0 aliphatic heterocycles. The zero-order valence-electron chi connectivity index (χ0n) is 9.98. The molecule has 0 aliphatic carbocycles. The van der Waals surface area contributed by atoms with E-state index in [2.05, 4.69) is 10.1 Å².